The predicted molar refractivity (Wildman–Crippen MR) is 101 cm³/mol. The van der Waals surface area contributed by atoms with Gasteiger partial charge in [-0.2, -0.15) is 0 Å². The van der Waals surface area contributed by atoms with Crippen molar-refractivity contribution in [1.29, 1.82) is 0 Å². The number of anilines is 1. The topological polar surface area (TPSA) is 50.7 Å². The zero-order valence-corrected chi connectivity index (χ0v) is 14.7. The Morgan fingerprint density at radius 1 is 1.12 bits per heavy atom. The van der Waals surface area contributed by atoms with E-state index in [1.165, 1.54) is 22.8 Å². The first-order valence-corrected chi connectivity index (χ1v) is 8.73. The van der Waals surface area contributed by atoms with E-state index in [4.69, 9.17) is 11.6 Å². The summed E-state index contributed by atoms with van der Waals surface area (Å²) in [6, 6.07) is 11.4. The minimum absolute atomic E-state index is 0.298. The first-order valence-electron chi connectivity index (χ1n) is 8.36. The van der Waals surface area contributed by atoms with E-state index in [9.17, 15) is 4.39 Å². The van der Waals surface area contributed by atoms with Crippen LogP contribution in [-0.2, 0) is 6.42 Å². The maximum Gasteiger partial charge on any atom is 0.224 e. The summed E-state index contributed by atoms with van der Waals surface area (Å²) in [7, 11) is 0. The average molecular weight is 367 g/mol. The summed E-state index contributed by atoms with van der Waals surface area (Å²) in [5.41, 5.74) is 5.09. The lowest BCUT2D eigenvalue weighted by Gasteiger charge is -2.09. The van der Waals surface area contributed by atoms with E-state index in [0.717, 1.165) is 19.0 Å². The highest BCUT2D eigenvalue weighted by Crippen LogP contribution is 2.29. The number of pyridine rings is 1. The van der Waals surface area contributed by atoms with Gasteiger partial charge >= 0.3 is 0 Å². The van der Waals surface area contributed by atoms with Crippen LogP contribution in [0.3, 0.4) is 0 Å². The van der Waals surface area contributed by atoms with Gasteiger partial charge in [0.1, 0.15) is 11.0 Å². The van der Waals surface area contributed by atoms with Gasteiger partial charge in [0, 0.05) is 24.4 Å². The molecule has 0 bridgehead atoms. The Kier molecular flexibility index (Phi) is 4.63. The first kappa shape index (κ1) is 16.7. The lowest BCUT2D eigenvalue weighted by atomic mass is 10.0. The van der Waals surface area contributed by atoms with Crippen molar-refractivity contribution in [2.45, 2.75) is 12.8 Å². The highest BCUT2D eigenvalue weighted by molar-refractivity contribution is 6.29. The maximum absolute atomic E-state index is 13.4. The third-order valence-corrected chi connectivity index (χ3v) is 4.50. The van der Waals surface area contributed by atoms with Crippen LogP contribution in [0.2, 0.25) is 5.15 Å². The van der Waals surface area contributed by atoms with E-state index in [-0.39, 0.29) is 0 Å². The van der Waals surface area contributed by atoms with E-state index in [1.54, 1.807) is 12.3 Å². The molecule has 3 aromatic rings. The van der Waals surface area contributed by atoms with Gasteiger partial charge in [-0.05, 0) is 35.6 Å². The Hall–Kier alpha value is -2.79. The van der Waals surface area contributed by atoms with E-state index in [2.05, 4.69) is 50.6 Å². The SMILES string of the molecule is Fc1cncc(-c2cc(Cl)nc(NCCC3=CCc4ccccc43)n2)c1. The molecule has 130 valence electrons. The van der Waals surface area contributed by atoms with Crippen molar-refractivity contribution in [3.8, 4) is 11.3 Å². The molecule has 1 aliphatic carbocycles. The summed E-state index contributed by atoms with van der Waals surface area (Å²) >= 11 is 6.10. The molecule has 6 heteroatoms. The lowest BCUT2D eigenvalue weighted by molar-refractivity contribution is 0.622. The molecular weight excluding hydrogens is 351 g/mol. The van der Waals surface area contributed by atoms with E-state index in [1.807, 2.05) is 0 Å². The second-order valence-electron chi connectivity index (χ2n) is 6.06. The van der Waals surface area contributed by atoms with Crippen LogP contribution in [0.4, 0.5) is 10.3 Å². The molecule has 0 spiro atoms. The number of fused-ring (bicyclic) bond motifs is 1. The molecule has 1 aliphatic rings. The summed E-state index contributed by atoms with van der Waals surface area (Å²) in [4.78, 5) is 12.5. The average Bonchev–Trinajstić information content (AvgIpc) is 3.05. The van der Waals surface area contributed by atoms with E-state index < -0.39 is 5.82 Å². The molecule has 1 N–H and O–H groups in total. The third-order valence-electron chi connectivity index (χ3n) is 4.30. The zero-order valence-electron chi connectivity index (χ0n) is 13.9. The van der Waals surface area contributed by atoms with Gasteiger partial charge < -0.3 is 5.32 Å². The largest absolute Gasteiger partial charge is 0.354 e. The molecule has 2 aromatic heterocycles. The molecule has 0 aliphatic heterocycles. The third kappa shape index (κ3) is 3.58. The van der Waals surface area contributed by atoms with Crippen molar-refractivity contribution in [2.75, 3.05) is 11.9 Å². The fourth-order valence-electron chi connectivity index (χ4n) is 3.10. The van der Waals surface area contributed by atoms with Gasteiger partial charge in [-0.15, -0.1) is 0 Å². The van der Waals surface area contributed by atoms with Crippen LogP contribution in [0, 0.1) is 5.82 Å². The number of nitrogens with one attached hydrogen (secondary N) is 1. The summed E-state index contributed by atoms with van der Waals surface area (Å²) in [6.45, 7) is 0.682. The normalized spacial score (nSPS) is 12.6. The van der Waals surface area contributed by atoms with Gasteiger partial charge in [0.15, 0.2) is 0 Å². The molecule has 4 rings (SSSR count). The molecule has 0 saturated heterocycles. The number of hydrogen-bond donors (Lipinski definition) is 1. The van der Waals surface area contributed by atoms with Crippen LogP contribution < -0.4 is 5.32 Å². The van der Waals surface area contributed by atoms with E-state index in [0.29, 0.717) is 28.9 Å². The molecule has 0 amide bonds. The van der Waals surface area contributed by atoms with E-state index >= 15 is 0 Å². The predicted octanol–water partition coefficient (Wildman–Crippen LogP) is 4.77. The molecule has 2 heterocycles. The second-order valence-corrected chi connectivity index (χ2v) is 6.45. The number of aromatic nitrogens is 3. The van der Waals surface area contributed by atoms with Crippen molar-refractivity contribution in [1.82, 2.24) is 15.0 Å². The van der Waals surface area contributed by atoms with Crippen molar-refractivity contribution in [3.63, 3.8) is 0 Å². The number of nitrogens with zero attached hydrogens (tertiary/aromatic N) is 3. The number of hydrogen-bond acceptors (Lipinski definition) is 4. The summed E-state index contributed by atoms with van der Waals surface area (Å²) in [6.07, 6.45) is 6.80. The minimum atomic E-state index is -0.418. The fourth-order valence-corrected chi connectivity index (χ4v) is 3.28. The number of rotatable bonds is 5. The summed E-state index contributed by atoms with van der Waals surface area (Å²) < 4.78 is 13.4. The summed E-state index contributed by atoms with van der Waals surface area (Å²) in [5.74, 6) is 0.00206. The zero-order chi connectivity index (χ0) is 17.9. The standard InChI is InChI=1S/C20H16ClFN4/c21-19-10-18(15-9-16(22)12-23-11-15)25-20(26-19)24-8-7-14-6-5-13-3-1-2-4-17(13)14/h1-4,6,9-12H,5,7-8H2,(H,24,25,26). The van der Waals surface area contributed by atoms with Crippen LogP contribution in [0.5, 0.6) is 0 Å². The van der Waals surface area contributed by atoms with Gasteiger partial charge in [-0.3, -0.25) is 4.98 Å². The number of halogens is 2. The highest BCUT2D eigenvalue weighted by atomic mass is 35.5. The molecule has 0 atom stereocenters. The maximum atomic E-state index is 13.4. The van der Waals surface area contributed by atoms with Crippen LogP contribution >= 0.6 is 11.6 Å². The molecule has 4 nitrogen and oxygen atoms in total. The highest BCUT2D eigenvalue weighted by Gasteiger charge is 2.13. The van der Waals surface area contributed by atoms with Crippen LogP contribution in [0.1, 0.15) is 17.5 Å². The molecular formula is C20H16ClFN4. The molecule has 26 heavy (non-hydrogen) atoms. The fraction of sp³-hybridized carbons (Fsp3) is 0.150. The molecule has 1 aromatic carbocycles. The number of allylic oxidation sites excluding steroid dienone is 1. The van der Waals surface area contributed by atoms with Gasteiger partial charge in [-0.25, -0.2) is 14.4 Å². The second kappa shape index (κ2) is 7.22. The van der Waals surface area contributed by atoms with Crippen molar-refractivity contribution in [2.24, 2.45) is 0 Å². The lowest BCUT2D eigenvalue weighted by Crippen LogP contribution is -2.06. The van der Waals surface area contributed by atoms with Crippen molar-refractivity contribution < 1.29 is 4.39 Å². The molecule has 0 fully saturated rings. The smallest absolute Gasteiger partial charge is 0.224 e. The molecule has 0 radical (unpaired) electrons. The van der Waals surface area contributed by atoms with Crippen LogP contribution in [-0.4, -0.2) is 21.5 Å². The molecule has 0 unspecified atom stereocenters. The Balaban J connectivity index is 1.46. The van der Waals surface area contributed by atoms with Crippen molar-refractivity contribution in [3.05, 3.63) is 77.0 Å². The van der Waals surface area contributed by atoms with Crippen LogP contribution in [0.25, 0.3) is 16.8 Å². The van der Waals surface area contributed by atoms with Gasteiger partial charge in [-0.1, -0.05) is 41.9 Å². The summed E-state index contributed by atoms with van der Waals surface area (Å²) in [5, 5.41) is 3.50. The number of benzene rings is 1. The Morgan fingerprint density at radius 2 is 2.00 bits per heavy atom. The Morgan fingerprint density at radius 3 is 2.88 bits per heavy atom. The van der Waals surface area contributed by atoms with Gasteiger partial charge in [0.25, 0.3) is 0 Å². The van der Waals surface area contributed by atoms with Crippen molar-refractivity contribution >= 4 is 23.1 Å². The monoisotopic (exact) mass is 366 g/mol. The Labute approximate surface area is 155 Å². The van der Waals surface area contributed by atoms with Crippen LogP contribution in [0.15, 0.2) is 54.9 Å². The minimum Gasteiger partial charge on any atom is -0.354 e. The van der Waals surface area contributed by atoms with Gasteiger partial charge in [0.05, 0.1) is 11.9 Å². The first-order chi connectivity index (χ1) is 12.7. The molecule has 0 saturated carbocycles. The Bertz CT molecular complexity index is 987. The van der Waals surface area contributed by atoms with Gasteiger partial charge in [0.2, 0.25) is 5.95 Å². The quantitative estimate of drug-likeness (QED) is 0.661.